The summed E-state index contributed by atoms with van der Waals surface area (Å²) in [7, 11) is 0. The van der Waals surface area contributed by atoms with Gasteiger partial charge in [-0.25, -0.2) is 4.98 Å². The summed E-state index contributed by atoms with van der Waals surface area (Å²) in [6.07, 6.45) is 5.17. The molecule has 2 aromatic heterocycles. The number of nitrogens with zero attached hydrogens (tertiary/aromatic N) is 1. The van der Waals surface area contributed by atoms with E-state index < -0.39 is 0 Å². The molecular formula is C17H15BrN2OS. The van der Waals surface area contributed by atoms with Crippen LogP contribution in [0.4, 0.5) is 0 Å². The molecular weight excluding hydrogens is 360 g/mol. The molecule has 0 spiro atoms. The number of H-pyrrole nitrogens is 1. The van der Waals surface area contributed by atoms with Crippen LogP contribution >= 0.6 is 27.3 Å². The number of aromatic nitrogens is 2. The van der Waals surface area contributed by atoms with Crippen LogP contribution in [0.1, 0.15) is 34.7 Å². The summed E-state index contributed by atoms with van der Waals surface area (Å²) in [5.41, 5.74) is 2.42. The van der Waals surface area contributed by atoms with E-state index in [-0.39, 0.29) is 5.56 Å². The van der Waals surface area contributed by atoms with Crippen molar-refractivity contribution in [3.05, 3.63) is 60.9 Å². The first-order valence-electron chi connectivity index (χ1n) is 7.48. The van der Waals surface area contributed by atoms with E-state index in [2.05, 4.69) is 20.9 Å². The highest BCUT2D eigenvalue weighted by Gasteiger charge is 2.19. The average Bonchev–Trinajstić information content (AvgIpc) is 2.88. The van der Waals surface area contributed by atoms with Gasteiger partial charge < -0.3 is 4.98 Å². The summed E-state index contributed by atoms with van der Waals surface area (Å²) < 4.78 is 1.05. The van der Waals surface area contributed by atoms with Gasteiger partial charge in [0.05, 0.1) is 5.39 Å². The van der Waals surface area contributed by atoms with Gasteiger partial charge in [0.2, 0.25) is 0 Å². The number of fused-ring (bicyclic) bond motifs is 3. The number of benzene rings is 1. The van der Waals surface area contributed by atoms with Crippen molar-refractivity contribution in [2.24, 2.45) is 0 Å². The fourth-order valence-corrected chi connectivity index (χ4v) is 4.63. The zero-order chi connectivity index (χ0) is 15.1. The molecule has 0 bridgehead atoms. The van der Waals surface area contributed by atoms with E-state index in [0.717, 1.165) is 38.9 Å². The van der Waals surface area contributed by atoms with Crippen molar-refractivity contribution in [1.82, 2.24) is 9.97 Å². The van der Waals surface area contributed by atoms with Crippen molar-refractivity contribution < 1.29 is 0 Å². The monoisotopic (exact) mass is 374 g/mol. The Morgan fingerprint density at radius 1 is 1.18 bits per heavy atom. The number of rotatable bonds is 2. The van der Waals surface area contributed by atoms with Crippen LogP contribution in [0.3, 0.4) is 0 Å². The Morgan fingerprint density at radius 2 is 1.95 bits per heavy atom. The molecule has 1 aliphatic rings. The largest absolute Gasteiger partial charge is 0.310 e. The van der Waals surface area contributed by atoms with E-state index in [4.69, 9.17) is 4.98 Å². The predicted octanol–water partition coefficient (Wildman–Crippen LogP) is 4.22. The smallest absolute Gasteiger partial charge is 0.259 e. The molecule has 1 aliphatic carbocycles. The molecule has 3 aromatic rings. The fourth-order valence-electron chi connectivity index (χ4n) is 3.09. The van der Waals surface area contributed by atoms with Gasteiger partial charge in [0, 0.05) is 15.8 Å². The molecule has 2 heterocycles. The van der Waals surface area contributed by atoms with Crippen LogP contribution in [0, 0.1) is 0 Å². The van der Waals surface area contributed by atoms with Crippen LogP contribution in [0.2, 0.25) is 0 Å². The number of hydrogen-bond acceptors (Lipinski definition) is 3. The second kappa shape index (κ2) is 5.63. The van der Waals surface area contributed by atoms with Gasteiger partial charge in [-0.05, 0) is 48.9 Å². The van der Waals surface area contributed by atoms with Gasteiger partial charge in [-0.1, -0.05) is 28.1 Å². The number of thiophene rings is 1. The van der Waals surface area contributed by atoms with Crippen molar-refractivity contribution >= 4 is 37.5 Å². The third kappa shape index (κ3) is 2.52. The van der Waals surface area contributed by atoms with Crippen molar-refractivity contribution in [3.8, 4) is 0 Å². The third-order valence-electron chi connectivity index (χ3n) is 4.16. The standard InChI is InChI=1S/C17H15BrN2OS/c18-11-7-5-10(6-8-11)9-14-19-16(21)15-12-3-1-2-4-13(12)22-17(15)20-14/h5-8H,1-4,9H2,(H,19,20,21). The van der Waals surface area contributed by atoms with Crippen molar-refractivity contribution in [1.29, 1.82) is 0 Å². The summed E-state index contributed by atoms with van der Waals surface area (Å²) in [5.74, 6) is 0.749. The van der Waals surface area contributed by atoms with Gasteiger partial charge in [0.1, 0.15) is 10.7 Å². The number of hydrogen-bond donors (Lipinski definition) is 1. The Kier molecular flexibility index (Phi) is 3.62. The molecule has 0 radical (unpaired) electrons. The van der Waals surface area contributed by atoms with Crippen LogP contribution < -0.4 is 5.56 Å². The minimum absolute atomic E-state index is 0.0245. The van der Waals surface area contributed by atoms with Gasteiger partial charge in [0.15, 0.2) is 0 Å². The Bertz CT molecular complexity index is 895. The number of halogens is 1. The fraction of sp³-hybridized carbons (Fsp3) is 0.294. The molecule has 1 aromatic carbocycles. The lowest BCUT2D eigenvalue weighted by molar-refractivity contribution is 0.700. The molecule has 0 saturated carbocycles. The first-order chi connectivity index (χ1) is 10.7. The van der Waals surface area contributed by atoms with Crippen molar-refractivity contribution in [2.75, 3.05) is 0 Å². The van der Waals surface area contributed by atoms with Crippen molar-refractivity contribution in [3.63, 3.8) is 0 Å². The average molecular weight is 375 g/mol. The maximum atomic E-state index is 12.5. The third-order valence-corrected chi connectivity index (χ3v) is 5.87. The first kappa shape index (κ1) is 14.2. The van der Waals surface area contributed by atoms with E-state index in [1.807, 2.05) is 24.3 Å². The summed E-state index contributed by atoms with van der Waals surface area (Å²) in [5, 5.41) is 0.833. The van der Waals surface area contributed by atoms with E-state index in [1.165, 1.54) is 23.3 Å². The van der Waals surface area contributed by atoms with Crippen molar-refractivity contribution in [2.45, 2.75) is 32.1 Å². The van der Waals surface area contributed by atoms with Gasteiger partial charge in [-0.2, -0.15) is 0 Å². The van der Waals surface area contributed by atoms with Crippen LogP contribution in [0.15, 0.2) is 33.5 Å². The molecule has 0 atom stereocenters. The maximum Gasteiger partial charge on any atom is 0.259 e. The summed E-state index contributed by atoms with van der Waals surface area (Å²) >= 11 is 5.14. The van der Waals surface area contributed by atoms with Crippen LogP contribution in [-0.4, -0.2) is 9.97 Å². The minimum atomic E-state index is 0.0245. The lowest BCUT2D eigenvalue weighted by atomic mass is 9.97. The quantitative estimate of drug-likeness (QED) is 0.729. The Hall–Kier alpha value is -1.46. The summed E-state index contributed by atoms with van der Waals surface area (Å²) in [6.45, 7) is 0. The summed E-state index contributed by atoms with van der Waals surface area (Å²) in [4.78, 5) is 22.4. The number of nitrogens with one attached hydrogen (secondary N) is 1. The Labute approximate surface area is 140 Å². The number of aromatic amines is 1. The van der Waals surface area contributed by atoms with Gasteiger partial charge in [-0.3, -0.25) is 4.79 Å². The van der Waals surface area contributed by atoms with Gasteiger partial charge >= 0.3 is 0 Å². The first-order valence-corrected chi connectivity index (χ1v) is 9.09. The van der Waals surface area contributed by atoms with E-state index >= 15 is 0 Å². The molecule has 0 fully saturated rings. The topological polar surface area (TPSA) is 45.8 Å². The molecule has 112 valence electrons. The highest BCUT2D eigenvalue weighted by molar-refractivity contribution is 9.10. The lowest BCUT2D eigenvalue weighted by Gasteiger charge is -2.09. The molecule has 0 aliphatic heterocycles. The molecule has 0 amide bonds. The SMILES string of the molecule is O=c1[nH]c(Cc2ccc(Br)cc2)nc2sc3c(c12)CCCC3. The molecule has 5 heteroatoms. The lowest BCUT2D eigenvalue weighted by Crippen LogP contribution is -2.13. The minimum Gasteiger partial charge on any atom is -0.310 e. The highest BCUT2D eigenvalue weighted by atomic mass is 79.9. The summed E-state index contributed by atoms with van der Waals surface area (Å²) in [6, 6.07) is 8.12. The van der Waals surface area contributed by atoms with Crippen LogP contribution in [0.5, 0.6) is 0 Å². The maximum absolute atomic E-state index is 12.5. The number of aryl methyl sites for hydroxylation is 2. The zero-order valence-electron chi connectivity index (χ0n) is 12.0. The van der Waals surface area contributed by atoms with Crippen LogP contribution in [-0.2, 0) is 19.3 Å². The molecule has 4 rings (SSSR count). The van der Waals surface area contributed by atoms with Gasteiger partial charge in [-0.15, -0.1) is 11.3 Å². The Balaban J connectivity index is 1.77. The van der Waals surface area contributed by atoms with Crippen LogP contribution in [0.25, 0.3) is 10.2 Å². The normalized spacial score (nSPS) is 14.2. The Morgan fingerprint density at radius 3 is 2.77 bits per heavy atom. The van der Waals surface area contributed by atoms with E-state index in [1.54, 1.807) is 11.3 Å². The van der Waals surface area contributed by atoms with E-state index in [9.17, 15) is 4.79 Å². The highest BCUT2D eigenvalue weighted by Crippen LogP contribution is 2.33. The second-order valence-corrected chi connectivity index (χ2v) is 7.71. The molecule has 0 unspecified atom stereocenters. The molecule has 1 N–H and O–H groups in total. The second-order valence-electron chi connectivity index (χ2n) is 5.71. The van der Waals surface area contributed by atoms with Gasteiger partial charge in [0.25, 0.3) is 5.56 Å². The molecule has 3 nitrogen and oxygen atoms in total. The molecule has 0 saturated heterocycles. The predicted molar refractivity (Wildman–Crippen MR) is 93.8 cm³/mol. The zero-order valence-corrected chi connectivity index (χ0v) is 14.4. The molecule has 22 heavy (non-hydrogen) atoms. The van der Waals surface area contributed by atoms with E-state index in [0.29, 0.717) is 6.42 Å².